The predicted molar refractivity (Wildman–Crippen MR) is 157 cm³/mol. The van der Waals surface area contributed by atoms with Crippen molar-refractivity contribution in [2.24, 2.45) is 0 Å². The minimum atomic E-state index is -0.758. The van der Waals surface area contributed by atoms with E-state index in [0.717, 1.165) is 38.5 Å². The van der Waals surface area contributed by atoms with Gasteiger partial charge in [0.1, 0.15) is 6.61 Å². The van der Waals surface area contributed by atoms with Gasteiger partial charge >= 0.3 is 41.5 Å². The van der Waals surface area contributed by atoms with Crippen LogP contribution in [-0.4, -0.2) is 65.9 Å². The van der Waals surface area contributed by atoms with Gasteiger partial charge in [0.25, 0.3) is 0 Å². The Morgan fingerprint density at radius 1 is 0.541 bits per heavy atom. The number of aliphatic hydroxyl groups excluding tert-OH is 1. The van der Waals surface area contributed by atoms with Crippen LogP contribution < -0.4 is 0 Å². The Labute approximate surface area is 251 Å². The quantitative estimate of drug-likeness (QED) is 0.0620. The molecule has 1 atom stereocenters. The molecule has 37 heavy (non-hydrogen) atoms. The molecule has 0 rings (SSSR count). The van der Waals surface area contributed by atoms with Crippen LogP contribution in [0.1, 0.15) is 168 Å². The summed E-state index contributed by atoms with van der Waals surface area (Å²) in [5, 5.41) is 9.46. The standard InChI is InChI=1S/C31H60O5.Na.H/c1-3-5-7-9-11-13-15-17-19-21-23-25-30(33)35-28-29(27-32)36-31(34)26-24-22-20-18-16-14-12-10-8-6-4-2;;/h29,32H,3-28H2,1-2H3;;/t29-;;/m0../s1. The molecule has 0 saturated carbocycles. The molecule has 0 aliphatic rings. The van der Waals surface area contributed by atoms with Crippen molar-refractivity contribution in [3.05, 3.63) is 0 Å². The van der Waals surface area contributed by atoms with Crippen LogP contribution in [0.5, 0.6) is 0 Å². The zero-order chi connectivity index (χ0) is 26.5. The van der Waals surface area contributed by atoms with Crippen LogP contribution in [0.25, 0.3) is 0 Å². The summed E-state index contributed by atoms with van der Waals surface area (Å²) in [6.45, 7) is 4.11. The van der Waals surface area contributed by atoms with E-state index in [9.17, 15) is 14.7 Å². The Kier molecular flexibility index (Phi) is 33.9. The zero-order valence-electron chi connectivity index (χ0n) is 24.0. The second-order valence-electron chi connectivity index (χ2n) is 10.5. The van der Waals surface area contributed by atoms with Crippen LogP contribution in [0.15, 0.2) is 0 Å². The first-order chi connectivity index (χ1) is 17.6. The van der Waals surface area contributed by atoms with Gasteiger partial charge in [0, 0.05) is 12.8 Å². The molecule has 0 radical (unpaired) electrons. The third-order valence-electron chi connectivity index (χ3n) is 6.90. The van der Waals surface area contributed by atoms with Crippen molar-refractivity contribution in [1.29, 1.82) is 0 Å². The summed E-state index contributed by atoms with van der Waals surface area (Å²) in [7, 11) is 0. The Morgan fingerprint density at radius 2 is 0.865 bits per heavy atom. The van der Waals surface area contributed by atoms with Crippen molar-refractivity contribution in [2.45, 2.75) is 174 Å². The Morgan fingerprint density at radius 3 is 1.22 bits per heavy atom. The summed E-state index contributed by atoms with van der Waals surface area (Å²) in [4.78, 5) is 24.0. The van der Waals surface area contributed by atoms with Crippen LogP contribution in [0.2, 0.25) is 0 Å². The minimum absolute atomic E-state index is 0. The zero-order valence-corrected chi connectivity index (χ0v) is 24.0. The molecular formula is C31H61NaO5. The van der Waals surface area contributed by atoms with Gasteiger partial charge in [0.05, 0.1) is 6.61 Å². The summed E-state index contributed by atoms with van der Waals surface area (Å²) < 4.78 is 10.5. The van der Waals surface area contributed by atoms with Crippen LogP contribution >= 0.6 is 0 Å². The predicted octanol–water partition coefficient (Wildman–Crippen LogP) is 8.19. The molecule has 6 heteroatoms. The molecule has 216 valence electrons. The van der Waals surface area contributed by atoms with Gasteiger partial charge in [-0.15, -0.1) is 0 Å². The summed E-state index contributed by atoms with van der Waals surface area (Å²) in [6.07, 6.45) is 27.2. The molecule has 0 aliphatic carbocycles. The van der Waals surface area contributed by atoms with Crippen LogP contribution in [0.3, 0.4) is 0 Å². The number of hydrogen-bond donors (Lipinski definition) is 1. The molecule has 0 aromatic rings. The second kappa shape index (κ2) is 32.1. The van der Waals surface area contributed by atoms with E-state index in [1.165, 1.54) is 103 Å². The molecule has 0 spiro atoms. The molecule has 0 aromatic heterocycles. The van der Waals surface area contributed by atoms with E-state index in [-0.39, 0.29) is 54.7 Å². The van der Waals surface area contributed by atoms with E-state index in [1.807, 2.05) is 0 Å². The van der Waals surface area contributed by atoms with E-state index in [4.69, 9.17) is 9.47 Å². The molecule has 0 saturated heterocycles. The number of esters is 2. The number of carbonyl (C=O) groups excluding carboxylic acids is 2. The van der Waals surface area contributed by atoms with Gasteiger partial charge in [-0.05, 0) is 12.8 Å². The normalized spacial score (nSPS) is 11.6. The molecule has 0 bridgehead atoms. The van der Waals surface area contributed by atoms with E-state index in [2.05, 4.69) is 13.8 Å². The van der Waals surface area contributed by atoms with Gasteiger partial charge in [-0.25, -0.2) is 0 Å². The Bertz CT molecular complexity index is 486. The van der Waals surface area contributed by atoms with E-state index in [0.29, 0.717) is 12.8 Å². The van der Waals surface area contributed by atoms with Crippen molar-refractivity contribution in [2.75, 3.05) is 13.2 Å². The molecule has 0 unspecified atom stereocenters. The molecule has 0 aliphatic heterocycles. The topological polar surface area (TPSA) is 72.8 Å². The fourth-order valence-electron chi connectivity index (χ4n) is 4.49. The van der Waals surface area contributed by atoms with Crippen molar-refractivity contribution >= 4 is 41.5 Å². The maximum absolute atomic E-state index is 12.0. The number of hydrogen-bond acceptors (Lipinski definition) is 5. The first kappa shape index (κ1) is 39.0. The third-order valence-corrected chi connectivity index (χ3v) is 6.90. The van der Waals surface area contributed by atoms with Gasteiger partial charge in [-0.2, -0.15) is 0 Å². The van der Waals surface area contributed by atoms with Gasteiger partial charge in [0.15, 0.2) is 6.10 Å². The van der Waals surface area contributed by atoms with Crippen molar-refractivity contribution in [3.8, 4) is 0 Å². The van der Waals surface area contributed by atoms with Crippen molar-refractivity contribution < 1.29 is 24.2 Å². The van der Waals surface area contributed by atoms with Crippen LogP contribution in [0.4, 0.5) is 0 Å². The average molecular weight is 537 g/mol. The van der Waals surface area contributed by atoms with E-state index in [1.54, 1.807) is 0 Å². The number of unbranched alkanes of at least 4 members (excludes halogenated alkanes) is 20. The molecule has 0 aromatic carbocycles. The third kappa shape index (κ3) is 30.3. The van der Waals surface area contributed by atoms with Gasteiger partial charge < -0.3 is 14.6 Å². The molecular weight excluding hydrogens is 475 g/mol. The first-order valence-corrected chi connectivity index (χ1v) is 15.6. The SMILES string of the molecule is CCCCCCCCCCCCCC(=O)OC[C@H](CO)OC(=O)CCCCCCCCCCCCC.[NaH]. The Hall–Kier alpha value is -0.100. The first-order valence-electron chi connectivity index (χ1n) is 15.6. The second-order valence-corrected chi connectivity index (χ2v) is 10.5. The molecule has 0 fully saturated rings. The average Bonchev–Trinajstić information content (AvgIpc) is 2.88. The summed E-state index contributed by atoms with van der Waals surface area (Å²) in [6, 6.07) is 0. The molecule has 0 heterocycles. The fourth-order valence-corrected chi connectivity index (χ4v) is 4.49. The number of ether oxygens (including phenoxy) is 2. The monoisotopic (exact) mass is 536 g/mol. The number of rotatable bonds is 28. The summed E-state index contributed by atoms with van der Waals surface area (Å²) in [5.41, 5.74) is 0. The molecule has 1 N–H and O–H groups in total. The Balaban J connectivity index is 0. The number of carbonyl (C=O) groups is 2. The maximum atomic E-state index is 12.0. The van der Waals surface area contributed by atoms with Crippen LogP contribution in [0, 0.1) is 0 Å². The van der Waals surface area contributed by atoms with Crippen molar-refractivity contribution in [1.82, 2.24) is 0 Å². The van der Waals surface area contributed by atoms with Gasteiger partial charge in [0.2, 0.25) is 0 Å². The van der Waals surface area contributed by atoms with Crippen molar-refractivity contribution in [3.63, 3.8) is 0 Å². The van der Waals surface area contributed by atoms with E-state index < -0.39 is 6.10 Å². The van der Waals surface area contributed by atoms with Gasteiger partial charge in [-0.3, -0.25) is 9.59 Å². The molecule has 0 amide bonds. The van der Waals surface area contributed by atoms with E-state index >= 15 is 0 Å². The van der Waals surface area contributed by atoms with Crippen LogP contribution in [-0.2, 0) is 19.1 Å². The van der Waals surface area contributed by atoms with Gasteiger partial charge in [-0.1, -0.05) is 142 Å². The molecule has 5 nitrogen and oxygen atoms in total. The summed E-state index contributed by atoms with van der Waals surface area (Å²) in [5.74, 6) is -0.586. The summed E-state index contributed by atoms with van der Waals surface area (Å²) >= 11 is 0. The number of aliphatic hydroxyl groups is 1. The fraction of sp³-hybridized carbons (Fsp3) is 0.935.